The second-order valence-electron chi connectivity index (χ2n) is 6.02. The summed E-state index contributed by atoms with van der Waals surface area (Å²) in [6.07, 6.45) is 7.06. The van der Waals surface area contributed by atoms with E-state index in [9.17, 15) is 0 Å². The molecule has 0 N–H and O–H groups in total. The molecule has 0 aliphatic rings. The first-order valence-corrected chi connectivity index (χ1v) is 8.20. The Kier molecular flexibility index (Phi) is 6.27. The number of rotatable bonds is 7. The van der Waals surface area contributed by atoms with Gasteiger partial charge in [-0.2, -0.15) is 0 Å². The third kappa shape index (κ3) is 4.77. The topological polar surface area (TPSA) is 3.24 Å². The Hall–Kier alpha value is -2.02. The van der Waals surface area contributed by atoms with Gasteiger partial charge in [-0.05, 0) is 36.5 Å². The molecule has 0 aliphatic carbocycles. The maximum atomic E-state index is 2.36. The van der Waals surface area contributed by atoms with Crippen LogP contribution in [-0.2, 0) is 6.42 Å². The van der Waals surface area contributed by atoms with E-state index in [1.807, 2.05) is 0 Å². The Morgan fingerprint density at radius 2 is 1.64 bits per heavy atom. The molecular weight excluding hydrogens is 266 g/mol. The van der Waals surface area contributed by atoms with Gasteiger partial charge in [-0.1, -0.05) is 73.5 Å². The molecule has 0 unspecified atom stereocenters. The molecule has 1 heteroatoms. The van der Waals surface area contributed by atoms with Crippen molar-refractivity contribution in [1.29, 1.82) is 0 Å². The molecule has 0 atom stereocenters. The second kappa shape index (κ2) is 8.43. The van der Waals surface area contributed by atoms with Gasteiger partial charge in [0.1, 0.15) is 0 Å². The molecule has 116 valence electrons. The van der Waals surface area contributed by atoms with Crippen LogP contribution in [0.4, 0.5) is 5.69 Å². The molecule has 0 aromatic heterocycles. The Labute approximate surface area is 135 Å². The highest BCUT2D eigenvalue weighted by atomic mass is 15.1. The molecule has 0 radical (unpaired) electrons. The third-order valence-corrected chi connectivity index (χ3v) is 3.91. The summed E-state index contributed by atoms with van der Waals surface area (Å²) in [7, 11) is 4.23. The summed E-state index contributed by atoms with van der Waals surface area (Å²) >= 11 is 0. The second-order valence-corrected chi connectivity index (χ2v) is 6.02. The molecule has 0 heterocycles. The first-order valence-electron chi connectivity index (χ1n) is 8.20. The van der Waals surface area contributed by atoms with Crippen LogP contribution in [0.15, 0.2) is 60.2 Å². The number of anilines is 1. The summed E-state index contributed by atoms with van der Waals surface area (Å²) in [5.74, 6) is 0. The highest BCUT2D eigenvalue weighted by Gasteiger charge is 2.07. The van der Waals surface area contributed by atoms with E-state index < -0.39 is 0 Å². The lowest BCUT2D eigenvalue weighted by molar-refractivity contribution is 0.775. The predicted molar refractivity (Wildman–Crippen MR) is 98.4 cm³/mol. The van der Waals surface area contributed by atoms with Gasteiger partial charge in [-0.15, -0.1) is 0 Å². The van der Waals surface area contributed by atoms with Gasteiger partial charge in [-0.25, -0.2) is 0 Å². The number of nitrogens with zero attached hydrogens (tertiary/aromatic N) is 1. The fourth-order valence-electron chi connectivity index (χ4n) is 2.74. The van der Waals surface area contributed by atoms with Crippen LogP contribution in [0.5, 0.6) is 0 Å². The highest BCUT2D eigenvalue weighted by molar-refractivity contribution is 5.58. The molecule has 0 amide bonds. The monoisotopic (exact) mass is 293 g/mol. The highest BCUT2D eigenvalue weighted by Crippen LogP contribution is 2.24. The number of allylic oxidation sites excluding steroid dienone is 1. The first-order chi connectivity index (χ1) is 10.7. The summed E-state index contributed by atoms with van der Waals surface area (Å²) in [4.78, 5) is 2.20. The van der Waals surface area contributed by atoms with Gasteiger partial charge in [0.2, 0.25) is 0 Å². The van der Waals surface area contributed by atoms with Gasteiger partial charge in [-0.3, -0.25) is 0 Å². The number of hydrogen-bond acceptors (Lipinski definition) is 1. The molecule has 0 spiro atoms. The van der Waals surface area contributed by atoms with Crippen molar-refractivity contribution in [1.82, 2.24) is 0 Å². The van der Waals surface area contributed by atoms with Crippen molar-refractivity contribution in [2.75, 3.05) is 19.0 Å². The van der Waals surface area contributed by atoms with Crippen LogP contribution in [0.2, 0.25) is 0 Å². The lowest BCUT2D eigenvalue weighted by Gasteiger charge is -2.18. The van der Waals surface area contributed by atoms with Crippen LogP contribution in [0.1, 0.15) is 37.3 Å². The number of para-hydroxylation sites is 1. The molecule has 0 fully saturated rings. The molecule has 22 heavy (non-hydrogen) atoms. The van der Waals surface area contributed by atoms with E-state index in [2.05, 4.69) is 86.6 Å². The maximum Gasteiger partial charge on any atom is 0.0396 e. The van der Waals surface area contributed by atoms with Crippen LogP contribution >= 0.6 is 0 Å². The zero-order valence-electron chi connectivity index (χ0n) is 14.0. The third-order valence-electron chi connectivity index (χ3n) is 3.91. The van der Waals surface area contributed by atoms with E-state index in [1.54, 1.807) is 0 Å². The lowest BCUT2D eigenvalue weighted by atomic mass is 9.96. The van der Waals surface area contributed by atoms with Crippen LogP contribution in [0, 0.1) is 0 Å². The first kappa shape index (κ1) is 16.4. The van der Waals surface area contributed by atoms with Crippen LogP contribution < -0.4 is 4.90 Å². The minimum atomic E-state index is 1.03. The lowest BCUT2D eigenvalue weighted by Crippen LogP contribution is -2.11. The van der Waals surface area contributed by atoms with Gasteiger partial charge in [0.15, 0.2) is 0 Å². The maximum absolute atomic E-state index is 2.36. The van der Waals surface area contributed by atoms with Crippen molar-refractivity contribution >= 4 is 11.8 Å². The van der Waals surface area contributed by atoms with Gasteiger partial charge >= 0.3 is 0 Å². The fourth-order valence-corrected chi connectivity index (χ4v) is 2.74. The summed E-state index contributed by atoms with van der Waals surface area (Å²) in [5.41, 5.74) is 5.54. The Balaban J connectivity index is 2.26. The SMILES string of the molecule is CCCC/C(=C\c1ccccc1)Cc1ccccc1N(C)C. The van der Waals surface area contributed by atoms with Gasteiger partial charge in [0.05, 0.1) is 0 Å². The van der Waals surface area contributed by atoms with E-state index in [-0.39, 0.29) is 0 Å². The predicted octanol–water partition coefficient (Wildman–Crippen LogP) is 5.57. The van der Waals surface area contributed by atoms with E-state index in [4.69, 9.17) is 0 Å². The zero-order chi connectivity index (χ0) is 15.8. The molecule has 0 aliphatic heterocycles. The average Bonchev–Trinajstić information content (AvgIpc) is 2.54. The van der Waals surface area contributed by atoms with E-state index in [0.29, 0.717) is 0 Å². The largest absolute Gasteiger partial charge is 0.377 e. The summed E-state index contributed by atoms with van der Waals surface area (Å²) in [6.45, 7) is 2.26. The Morgan fingerprint density at radius 3 is 2.32 bits per heavy atom. The fraction of sp³-hybridized carbons (Fsp3) is 0.333. The minimum absolute atomic E-state index is 1.03. The molecule has 0 saturated heterocycles. The molecule has 1 nitrogen and oxygen atoms in total. The quantitative estimate of drug-likeness (QED) is 0.645. The van der Waals surface area contributed by atoms with Crippen LogP contribution in [0.3, 0.4) is 0 Å². The standard InChI is InChI=1S/C21H27N/c1-4-5-11-19(16-18-12-7-6-8-13-18)17-20-14-9-10-15-21(20)22(2)3/h6-10,12-16H,4-5,11,17H2,1-3H3/b19-16+. The molecule has 0 saturated carbocycles. The van der Waals surface area contributed by atoms with Gasteiger partial charge < -0.3 is 4.90 Å². The van der Waals surface area contributed by atoms with E-state index >= 15 is 0 Å². The van der Waals surface area contributed by atoms with Crippen molar-refractivity contribution in [3.63, 3.8) is 0 Å². The molecule has 2 aromatic carbocycles. The normalized spacial score (nSPS) is 11.5. The molecular formula is C21H27N. The number of unbranched alkanes of at least 4 members (excludes halogenated alkanes) is 1. The zero-order valence-corrected chi connectivity index (χ0v) is 14.0. The minimum Gasteiger partial charge on any atom is -0.377 e. The summed E-state index contributed by atoms with van der Waals surface area (Å²) in [6, 6.07) is 19.4. The van der Waals surface area contributed by atoms with E-state index in [1.165, 1.54) is 41.6 Å². The summed E-state index contributed by atoms with van der Waals surface area (Å²) < 4.78 is 0. The smallest absolute Gasteiger partial charge is 0.0396 e. The van der Waals surface area contributed by atoms with Crippen molar-refractivity contribution < 1.29 is 0 Å². The van der Waals surface area contributed by atoms with Crippen molar-refractivity contribution in [2.24, 2.45) is 0 Å². The van der Waals surface area contributed by atoms with Gasteiger partial charge in [0.25, 0.3) is 0 Å². The van der Waals surface area contributed by atoms with Crippen LogP contribution in [-0.4, -0.2) is 14.1 Å². The van der Waals surface area contributed by atoms with Gasteiger partial charge in [0, 0.05) is 19.8 Å². The molecule has 2 aromatic rings. The Morgan fingerprint density at radius 1 is 0.955 bits per heavy atom. The average molecular weight is 293 g/mol. The summed E-state index contributed by atoms with van der Waals surface area (Å²) in [5, 5.41) is 0. The van der Waals surface area contributed by atoms with Crippen molar-refractivity contribution in [2.45, 2.75) is 32.6 Å². The van der Waals surface area contributed by atoms with Crippen molar-refractivity contribution in [3.05, 3.63) is 71.3 Å². The molecule has 0 bridgehead atoms. The van der Waals surface area contributed by atoms with Crippen molar-refractivity contribution in [3.8, 4) is 0 Å². The Bertz CT molecular complexity index is 596. The van der Waals surface area contributed by atoms with E-state index in [0.717, 1.165) is 6.42 Å². The van der Waals surface area contributed by atoms with Crippen LogP contribution in [0.25, 0.3) is 6.08 Å². The number of hydrogen-bond donors (Lipinski definition) is 0. The molecule has 2 rings (SSSR count). The number of benzene rings is 2.